The molecule has 4 saturated heterocycles. The first kappa shape index (κ1) is 81.6. The zero-order valence-electron chi connectivity index (χ0n) is 61.0. The molecule has 0 spiro atoms. The van der Waals surface area contributed by atoms with Crippen LogP contribution in [0.1, 0.15) is 81.8 Å². The third-order valence-electron chi connectivity index (χ3n) is 17.7. The Morgan fingerprint density at radius 3 is 1.03 bits per heavy atom. The highest BCUT2D eigenvalue weighted by molar-refractivity contribution is 5.73. The topological polar surface area (TPSA) is 327 Å². The number of nitrogens with one attached hydrogen (secondary N) is 1. The first-order chi connectivity index (χ1) is 52.2. The van der Waals surface area contributed by atoms with Crippen molar-refractivity contribution < 1.29 is 129 Å². The van der Waals surface area contributed by atoms with Crippen LogP contribution in [0.25, 0.3) is 0 Å². The van der Waals surface area contributed by atoms with E-state index >= 15 is 0 Å². The molecule has 6 aromatic rings. The minimum atomic E-state index is -2.01. The Bertz CT molecular complexity index is 3780. The maximum absolute atomic E-state index is 14.2. The van der Waals surface area contributed by atoms with Crippen molar-refractivity contribution in [2.75, 3.05) is 26.4 Å². The molecule has 580 valence electrons. The van der Waals surface area contributed by atoms with E-state index in [1.54, 1.807) is 0 Å². The van der Waals surface area contributed by atoms with Crippen molar-refractivity contribution in [1.82, 2.24) is 5.32 Å². The van der Waals surface area contributed by atoms with Crippen LogP contribution in [0.15, 0.2) is 182 Å². The predicted molar refractivity (Wildman–Crippen MR) is 377 cm³/mol. The van der Waals surface area contributed by atoms with Crippen molar-refractivity contribution in [3.05, 3.63) is 215 Å². The van der Waals surface area contributed by atoms with Crippen molar-refractivity contribution in [2.45, 2.75) is 211 Å². The summed E-state index contributed by atoms with van der Waals surface area (Å²) in [4.78, 5) is 92.9. The van der Waals surface area contributed by atoms with E-state index in [0.717, 1.165) is 63.8 Å². The zero-order chi connectivity index (χ0) is 76.5. The first-order valence-electron chi connectivity index (χ1n) is 35.6. The molecule has 0 saturated carbocycles. The van der Waals surface area contributed by atoms with E-state index in [1.165, 1.54) is 6.92 Å². The van der Waals surface area contributed by atoms with Crippen molar-refractivity contribution in [1.29, 1.82) is 0 Å². The smallest absolute Gasteiger partial charge is 0.303 e. The van der Waals surface area contributed by atoms with E-state index in [-0.39, 0.29) is 52.9 Å². The fraction of sp³-hybridized carbons (Fsp3) is 0.463. The number of hydrogen-bond donors (Lipinski definition) is 2. The number of aliphatic hydroxyl groups is 1. The molecular formula is C80H93NO27. The average Bonchev–Trinajstić information content (AvgIpc) is 0.759. The molecule has 4 aliphatic heterocycles. The molecule has 4 fully saturated rings. The fourth-order valence-electron chi connectivity index (χ4n) is 13.0. The van der Waals surface area contributed by atoms with Gasteiger partial charge in [0.1, 0.15) is 86.4 Å². The molecule has 20 atom stereocenters. The van der Waals surface area contributed by atoms with E-state index in [4.69, 9.17) is 90.0 Å². The van der Waals surface area contributed by atoms with Gasteiger partial charge in [0.15, 0.2) is 49.6 Å². The Hall–Kier alpha value is -8.95. The second-order valence-electron chi connectivity index (χ2n) is 26.2. The van der Waals surface area contributed by atoms with Gasteiger partial charge >= 0.3 is 35.8 Å². The number of aliphatic hydroxyl groups excluding tert-OH is 1. The Kier molecular flexibility index (Phi) is 31.0. The Labute approximate surface area is 625 Å². The second-order valence-corrected chi connectivity index (χ2v) is 26.2. The maximum Gasteiger partial charge on any atom is 0.303 e. The summed E-state index contributed by atoms with van der Waals surface area (Å²) >= 11 is 0. The molecule has 10 rings (SSSR count). The Balaban J connectivity index is 1.15. The number of carbonyl (C=O) groups excluding carboxylic acids is 7. The monoisotopic (exact) mass is 1500 g/mol. The number of benzene rings is 6. The van der Waals surface area contributed by atoms with Crippen molar-refractivity contribution in [2.24, 2.45) is 0 Å². The van der Waals surface area contributed by atoms with Gasteiger partial charge in [0.05, 0.1) is 52.9 Å². The van der Waals surface area contributed by atoms with Crippen LogP contribution in [0.2, 0.25) is 0 Å². The van der Waals surface area contributed by atoms with Gasteiger partial charge in [-0.05, 0) is 33.4 Å². The van der Waals surface area contributed by atoms with Crippen LogP contribution >= 0.6 is 0 Å². The minimum absolute atomic E-state index is 0.00895. The van der Waals surface area contributed by atoms with Crippen molar-refractivity contribution in [3.63, 3.8) is 0 Å². The van der Waals surface area contributed by atoms with Crippen LogP contribution in [0.5, 0.6) is 0 Å². The van der Waals surface area contributed by atoms with Crippen LogP contribution in [-0.2, 0) is 163 Å². The maximum atomic E-state index is 14.2. The lowest BCUT2D eigenvalue weighted by Crippen LogP contribution is -2.71. The van der Waals surface area contributed by atoms with E-state index < -0.39 is 178 Å². The number of amides is 1. The summed E-state index contributed by atoms with van der Waals surface area (Å²) in [5, 5.41) is 15.2. The van der Waals surface area contributed by atoms with Gasteiger partial charge in [-0.1, -0.05) is 182 Å². The SMILES string of the molecule is CC(=O)N[C@H]1[C@H](O[C@H]2[C@@H](OCc3ccccc3)[C@@H](COCc3ccccc3)O[C@@H](O[C@H]3[C@H](OCc4ccccc4)[C@@H](OCc4ccccc4)[C@H](O)O[C@@H]3COCc3ccccc3)[C@@H]2OCc2ccccc2)O[C@H](COC(C)=O)[C@@H](OC(C)=O)[C@@H]1O[C@@H]1O[C@H](COC(C)=O)[C@H](OC(C)=O)[C@H](OC(C)=O)[C@H]1OC(C)=O. The quantitative estimate of drug-likeness (QED) is 0.0294. The van der Waals surface area contributed by atoms with Crippen LogP contribution < -0.4 is 5.32 Å². The fourth-order valence-corrected chi connectivity index (χ4v) is 13.0. The molecule has 1 amide bonds. The summed E-state index contributed by atoms with van der Waals surface area (Å²) in [6, 6.07) is 54.1. The highest BCUT2D eigenvalue weighted by Crippen LogP contribution is 2.40. The third kappa shape index (κ3) is 24.0. The second kappa shape index (κ2) is 41.0. The van der Waals surface area contributed by atoms with Crippen molar-refractivity contribution >= 4 is 41.7 Å². The summed E-state index contributed by atoms with van der Waals surface area (Å²) in [5.41, 5.74) is 4.52. The Morgan fingerprint density at radius 1 is 0.306 bits per heavy atom. The number of ether oxygens (including phenoxy) is 19. The predicted octanol–water partition coefficient (Wildman–Crippen LogP) is 7.17. The highest BCUT2D eigenvalue weighted by Gasteiger charge is 2.60. The summed E-state index contributed by atoms with van der Waals surface area (Å²) in [7, 11) is 0. The third-order valence-corrected chi connectivity index (χ3v) is 17.7. The molecular weight excluding hydrogens is 1410 g/mol. The lowest BCUT2D eigenvalue weighted by Gasteiger charge is -2.52. The van der Waals surface area contributed by atoms with Gasteiger partial charge in [-0.2, -0.15) is 0 Å². The molecule has 4 aliphatic rings. The summed E-state index contributed by atoms with van der Waals surface area (Å²) < 4.78 is 125. The number of esters is 6. The van der Waals surface area contributed by atoms with Gasteiger partial charge in [0, 0.05) is 48.5 Å². The normalized spacial score (nSPS) is 28.3. The van der Waals surface area contributed by atoms with Gasteiger partial charge in [0.2, 0.25) is 5.91 Å². The van der Waals surface area contributed by atoms with Crippen LogP contribution in [0.3, 0.4) is 0 Å². The van der Waals surface area contributed by atoms with Crippen LogP contribution in [-0.4, -0.2) is 196 Å². The van der Waals surface area contributed by atoms with Crippen LogP contribution in [0.4, 0.5) is 0 Å². The number of hydrogen-bond acceptors (Lipinski definition) is 27. The van der Waals surface area contributed by atoms with Gasteiger partial charge in [0.25, 0.3) is 0 Å². The summed E-state index contributed by atoms with van der Waals surface area (Å²) in [6.07, 6.45) is -29.9. The lowest BCUT2D eigenvalue weighted by atomic mass is 9.93. The minimum Gasteiger partial charge on any atom is -0.463 e. The Morgan fingerprint density at radius 2 is 0.620 bits per heavy atom. The van der Waals surface area contributed by atoms with E-state index in [1.807, 2.05) is 182 Å². The van der Waals surface area contributed by atoms with Gasteiger partial charge in [-0.15, -0.1) is 0 Å². The molecule has 108 heavy (non-hydrogen) atoms. The van der Waals surface area contributed by atoms with E-state index in [9.17, 15) is 38.7 Å². The molecule has 6 aromatic carbocycles. The van der Waals surface area contributed by atoms with Gasteiger partial charge in [-0.25, -0.2) is 0 Å². The van der Waals surface area contributed by atoms with Gasteiger partial charge in [-0.3, -0.25) is 33.6 Å². The number of carbonyl (C=O) groups is 7. The molecule has 0 aliphatic carbocycles. The molecule has 0 unspecified atom stereocenters. The zero-order valence-corrected chi connectivity index (χ0v) is 61.0. The average molecular weight is 1500 g/mol. The van der Waals surface area contributed by atoms with E-state index in [2.05, 4.69) is 5.32 Å². The largest absolute Gasteiger partial charge is 0.463 e. The number of rotatable bonds is 35. The van der Waals surface area contributed by atoms with E-state index in [0.29, 0.717) is 11.1 Å². The molecule has 0 radical (unpaired) electrons. The molecule has 4 heterocycles. The molecule has 28 nitrogen and oxygen atoms in total. The molecule has 2 N–H and O–H groups in total. The summed E-state index contributed by atoms with van der Waals surface area (Å²) in [6.45, 7) is 5.61. The highest BCUT2D eigenvalue weighted by atomic mass is 16.8. The molecule has 28 heteroatoms. The van der Waals surface area contributed by atoms with Crippen molar-refractivity contribution in [3.8, 4) is 0 Å². The van der Waals surface area contributed by atoms with Crippen LogP contribution in [0, 0.1) is 0 Å². The summed E-state index contributed by atoms with van der Waals surface area (Å²) in [5.74, 6) is -6.18. The molecule has 0 aromatic heterocycles. The standard InChI is InChI=1S/C80H93NO27/c1-48(82)81-65-70(107-80-76(101-54(7)88)73(100-53(6)87)69(99-52(5)86)64(105-80)47-93-50(3)84)67(98-51(4)85)63(46-92-49(2)83)103-78(65)108-72-66(94-40-57-30-18-10-19-31-57)61(44-90-38-55-26-14-8-15-27-55)104-79(75(72)97-43-60-36-24-13-25-37-60)106-68-62(45-91-39-56-28-16-9-17-29-56)102-77(89)74(96-42-59-34-22-12-23-35-59)71(68)95-41-58-32-20-11-21-33-58/h8-37,61-80,89H,38-47H2,1-7H3,(H,81,82)/t61-,62-,63-,64-,65-,66+,67-,68-,69+,70-,71+,72+,73+,74-,75-,76-,77-,78+,79+,80+/m1/s1. The first-order valence-corrected chi connectivity index (χ1v) is 35.6. The van der Waals surface area contributed by atoms with Gasteiger partial charge < -0.3 is 100 Å². The molecule has 0 bridgehead atoms. The lowest BCUT2D eigenvalue weighted by molar-refractivity contribution is -0.390.